The zero-order valence-corrected chi connectivity index (χ0v) is 11.3. The lowest BCUT2D eigenvalue weighted by Gasteiger charge is -2.32. The van der Waals surface area contributed by atoms with E-state index in [0.29, 0.717) is 18.0 Å². The predicted octanol–water partition coefficient (Wildman–Crippen LogP) is 3.63. The number of hydrogen-bond donors (Lipinski definition) is 1. The molecule has 0 heterocycles. The van der Waals surface area contributed by atoms with Gasteiger partial charge in [-0.3, -0.25) is 0 Å². The monoisotopic (exact) mass is 233 g/mol. The zero-order valence-electron chi connectivity index (χ0n) is 11.3. The average molecular weight is 233 g/mol. The summed E-state index contributed by atoms with van der Waals surface area (Å²) in [5.74, 6) is 1.63. The highest BCUT2D eigenvalue weighted by atomic mass is 16.5. The van der Waals surface area contributed by atoms with E-state index in [2.05, 4.69) is 44.3 Å². The Morgan fingerprint density at radius 2 is 2.00 bits per heavy atom. The van der Waals surface area contributed by atoms with Crippen LogP contribution in [0.2, 0.25) is 0 Å². The van der Waals surface area contributed by atoms with Crippen molar-refractivity contribution in [3.8, 4) is 5.75 Å². The Bertz CT molecular complexity index is 387. The molecule has 0 aliphatic heterocycles. The van der Waals surface area contributed by atoms with E-state index < -0.39 is 0 Å². The second-order valence-electron chi connectivity index (χ2n) is 5.35. The van der Waals surface area contributed by atoms with Gasteiger partial charge in [-0.1, -0.05) is 26.8 Å². The summed E-state index contributed by atoms with van der Waals surface area (Å²) >= 11 is 0. The van der Waals surface area contributed by atoms with Crippen LogP contribution in [0.25, 0.3) is 0 Å². The maximum Gasteiger partial charge on any atom is 0.119 e. The molecule has 1 aromatic carbocycles. The van der Waals surface area contributed by atoms with Crippen molar-refractivity contribution in [2.45, 2.75) is 51.6 Å². The number of nitrogens with one attached hydrogen (secondary N) is 1. The summed E-state index contributed by atoms with van der Waals surface area (Å²) in [5, 5.41) is 3.65. The highest BCUT2D eigenvalue weighted by Gasteiger charge is 2.25. The molecule has 0 spiro atoms. The molecule has 0 aromatic heterocycles. The smallest absolute Gasteiger partial charge is 0.119 e. The van der Waals surface area contributed by atoms with E-state index in [0.717, 1.165) is 5.75 Å². The summed E-state index contributed by atoms with van der Waals surface area (Å²) in [6, 6.07) is 7.51. The van der Waals surface area contributed by atoms with Crippen molar-refractivity contribution in [3.05, 3.63) is 29.3 Å². The van der Waals surface area contributed by atoms with E-state index in [4.69, 9.17) is 4.74 Å². The Morgan fingerprint density at radius 3 is 2.65 bits per heavy atom. The first-order valence-corrected chi connectivity index (χ1v) is 6.55. The van der Waals surface area contributed by atoms with Crippen LogP contribution < -0.4 is 10.1 Å². The summed E-state index contributed by atoms with van der Waals surface area (Å²) in [7, 11) is 1.73. The maximum absolute atomic E-state index is 5.34. The molecule has 0 bridgehead atoms. The quantitative estimate of drug-likeness (QED) is 0.860. The van der Waals surface area contributed by atoms with E-state index in [1.165, 1.54) is 24.0 Å². The Balaban J connectivity index is 2.34. The largest absolute Gasteiger partial charge is 0.497 e. The van der Waals surface area contributed by atoms with Gasteiger partial charge in [-0.25, -0.2) is 0 Å². The standard InChI is InChI=1S/C15H23NO/c1-10(2)16-15-8-5-11(3)13-7-6-12(17-4)9-14(13)15/h6-7,9-11,15-16H,5,8H2,1-4H3/t11-,15+/m1/s1. The van der Waals surface area contributed by atoms with Gasteiger partial charge in [0.1, 0.15) is 5.75 Å². The summed E-state index contributed by atoms with van der Waals surface area (Å²) in [6.07, 6.45) is 2.49. The fourth-order valence-electron chi connectivity index (χ4n) is 2.73. The van der Waals surface area contributed by atoms with Crippen molar-refractivity contribution in [1.82, 2.24) is 5.32 Å². The first-order valence-electron chi connectivity index (χ1n) is 6.55. The number of rotatable bonds is 3. The van der Waals surface area contributed by atoms with Gasteiger partial charge in [0.05, 0.1) is 7.11 Å². The van der Waals surface area contributed by atoms with Gasteiger partial charge in [0.25, 0.3) is 0 Å². The minimum absolute atomic E-state index is 0.483. The number of benzene rings is 1. The molecule has 0 radical (unpaired) electrons. The first kappa shape index (κ1) is 12.4. The maximum atomic E-state index is 5.34. The number of ether oxygens (including phenoxy) is 1. The van der Waals surface area contributed by atoms with Gasteiger partial charge in [-0.2, -0.15) is 0 Å². The average Bonchev–Trinajstić information content (AvgIpc) is 2.32. The Labute approximate surface area is 104 Å². The van der Waals surface area contributed by atoms with Crippen LogP contribution in [0.5, 0.6) is 5.75 Å². The van der Waals surface area contributed by atoms with Gasteiger partial charge in [-0.05, 0) is 42.0 Å². The highest BCUT2D eigenvalue weighted by Crippen LogP contribution is 2.39. The molecule has 1 N–H and O–H groups in total. The van der Waals surface area contributed by atoms with Crippen molar-refractivity contribution in [1.29, 1.82) is 0 Å². The molecule has 2 nitrogen and oxygen atoms in total. The molecule has 94 valence electrons. The molecule has 2 rings (SSSR count). The zero-order chi connectivity index (χ0) is 12.4. The molecule has 1 aliphatic carbocycles. The van der Waals surface area contributed by atoms with Crippen LogP contribution in [0, 0.1) is 0 Å². The minimum atomic E-state index is 0.483. The highest BCUT2D eigenvalue weighted by molar-refractivity contribution is 5.41. The molecule has 0 amide bonds. The lowest BCUT2D eigenvalue weighted by molar-refractivity contribution is 0.391. The van der Waals surface area contributed by atoms with Gasteiger partial charge in [0.2, 0.25) is 0 Å². The second kappa shape index (κ2) is 5.09. The Hall–Kier alpha value is -1.02. The topological polar surface area (TPSA) is 21.3 Å². The van der Waals surface area contributed by atoms with Crippen LogP contribution in [0.3, 0.4) is 0 Å². The third kappa shape index (κ3) is 2.63. The van der Waals surface area contributed by atoms with Gasteiger partial charge in [0.15, 0.2) is 0 Å². The lowest BCUT2D eigenvalue weighted by Crippen LogP contribution is -2.31. The molecular weight excluding hydrogens is 210 g/mol. The summed E-state index contributed by atoms with van der Waals surface area (Å²) < 4.78 is 5.34. The van der Waals surface area contributed by atoms with Crippen molar-refractivity contribution in [3.63, 3.8) is 0 Å². The van der Waals surface area contributed by atoms with E-state index in [1.807, 2.05) is 0 Å². The molecule has 1 aromatic rings. The van der Waals surface area contributed by atoms with Crippen LogP contribution in [-0.4, -0.2) is 13.2 Å². The number of hydrogen-bond acceptors (Lipinski definition) is 2. The van der Waals surface area contributed by atoms with Crippen molar-refractivity contribution in [2.24, 2.45) is 0 Å². The van der Waals surface area contributed by atoms with Gasteiger partial charge >= 0.3 is 0 Å². The molecule has 0 saturated carbocycles. The Morgan fingerprint density at radius 1 is 1.24 bits per heavy atom. The molecule has 17 heavy (non-hydrogen) atoms. The third-order valence-corrected chi connectivity index (χ3v) is 3.62. The van der Waals surface area contributed by atoms with E-state index in [9.17, 15) is 0 Å². The van der Waals surface area contributed by atoms with Gasteiger partial charge < -0.3 is 10.1 Å². The second-order valence-corrected chi connectivity index (χ2v) is 5.35. The molecular formula is C15H23NO. The van der Waals surface area contributed by atoms with E-state index in [1.54, 1.807) is 7.11 Å². The normalized spacial score (nSPS) is 23.6. The first-order chi connectivity index (χ1) is 8.11. The molecule has 1 aliphatic rings. The van der Waals surface area contributed by atoms with Crippen LogP contribution in [0.1, 0.15) is 56.7 Å². The third-order valence-electron chi connectivity index (χ3n) is 3.62. The fraction of sp³-hybridized carbons (Fsp3) is 0.600. The van der Waals surface area contributed by atoms with Crippen LogP contribution in [0.4, 0.5) is 0 Å². The minimum Gasteiger partial charge on any atom is -0.497 e. The van der Waals surface area contributed by atoms with Crippen LogP contribution in [0.15, 0.2) is 18.2 Å². The van der Waals surface area contributed by atoms with Gasteiger partial charge in [0, 0.05) is 12.1 Å². The molecule has 0 unspecified atom stereocenters. The fourth-order valence-corrected chi connectivity index (χ4v) is 2.73. The molecule has 2 heteroatoms. The molecule has 2 atom stereocenters. The lowest BCUT2D eigenvalue weighted by atomic mass is 9.80. The number of fused-ring (bicyclic) bond motifs is 1. The number of methoxy groups -OCH3 is 1. The summed E-state index contributed by atoms with van der Waals surface area (Å²) in [5.41, 5.74) is 2.91. The summed E-state index contributed by atoms with van der Waals surface area (Å²) in [6.45, 7) is 6.73. The Kier molecular flexibility index (Phi) is 3.72. The van der Waals surface area contributed by atoms with Gasteiger partial charge in [-0.15, -0.1) is 0 Å². The van der Waals surface area contributed by atoms with E-state index in [-0.39, 0.29) is 0 Å². The van der Waals surface area contributed by atoms with Crippen LogP contribution in [-0.2, 0) is 0 Å². The van der Waals surface area contributed by atoms with Crippen molar-refractivity contribution in [2.75, 3.05) is 7.11 Å². The van der Waals surface area contributed by atoms with Crippen LogP contribution >= 0.6 is 0 Å². The van der Waals surface area contributed by atoms with E-state index >= 15 is 0 Å². The predicted molar refractivity (Wildman–Crippen MR) is 71.7 cm³/mol. The molecule has 0 saturated heterocycles. The van der Waals surface area contributed by atoms with Crippen molar-refractivity contribution < 1.29 is 4.74 Å². The molecule has 0 fully saturated rings. The summed E-state index contributed by atoms with van der Waals surface area (Å²) in [4.78, 5) is 0. The SMILES string of the molecule is COc1ccc2c(c1)[C@@H](NC(C)C)CC[C@H]2C. The van der Waals surface area contributed by atoms with Crippen molar-refractivity contribution >= 4 is 0 Å².